The van der Waals surface area contributed by atoms with Gasteiger partial charge in [0, 0.05) is 24.6 Å². The molecule has 1 aromatic carbocycles. The molecule has 2 fully saturated rings. The number of pyridine rings is 1. The van der Waals surface area contributed by atoms with E-state index in [2.05, 4.69) is 36.6 Å². The van der Waals surface area contributed by atoms with Crippen molar-refractivity contribution >= 4 is 0 Å². The molecule has 6 rings (SSSR count). The van der Waals surface area contributed by atoms with Crippen LogP contribution in [0.3, 0.4) is 0 Å². The van der Waals surface area contributed by atoms with Crippen LogP contribution in [0.25, 0.3) is 5.69 Å². The largest absolute Gasteiger partial charge is 0.439 e. The minimum Gasteiger partial charge on any atom is -0.439 e. The van der Waals surface area contributed by atoms with Gasteiger partial charge in [0.25, 0.3) is 0 Å². The fourth-order valence-electron chi connectivity index (χ4n) is 8.78. The van der Waals surface area contributed by atoms with E-state index < -0.39 is 0 Å². The molecule has 0 bridgehead atoms. The van der Waals surface area contributed by atoms with Gasteiger partial charge in [-0.15, -0.1) is 0 Å². The van der Waals surface area contributed by atoms with Crippen LogP contribution >= 0.6 is 0 Å². The zero-order chi connectivity index (χ0) is 26.4. The summed E-state index contributed by atoms with van der Waals surface area (Å²) in [6.07, 6.45) is 9.45. The Morgan fingerprint density at radius 3 is 2.63 bits per heavy atom. The topological polar surface area (TPSA) is 86.2 Å². The molecule has 6 nitrogen and oxygen atoms in total. The van der Waals surface area contributed by atoms with Crippen molar-refractivity contribution in [1.82, 2.24) is 14.8 Å². The number of nitrogens with zero attached hydrogens (tertiary/aromatic N) is 3. The highest BCUT2D eigenvalue weighted by Gasteiger charge is 2.55. The molecule has 6 heteroatoms. The molecule has 0 spiro atoms. The van der Waals surface area contributed by atoms with Gasteiger partial charge in [-0.25, -0.2) is 9.67 Å². The van der Waals surface area contributed by atoms with Crippen molar-refractivity contribution in [2.75, 3.05) is 13.2 Å². The molecule has 2 heterocycles. The number of ether oxygens (including phenoxy) is 1. The third-order valence-electron chi connectivity index (χ3n) is 10.6. The van der Waals surface area contributed by atoms with Crippen LogP contribution in [-0.4, -0.2) is 33.0 Å². The number of aromatic nitrogens is 3. The Morgan fingerprint density at radius 1 is 1.11 bits per heavy atom. The first-order valence-electron chi connectivity index (χ1n) is 14.5. The average Bonchev–Trinajstić information content (AvgIpc) is 3.52. The summed E-state index contributed by atoms with van der Waals surface area (Å²) < 4.78 is 7.93. The molecule has 202 valence electrons. The highest BCUT2D eigenvalue weighted by molar-refractivity contribution is 5.41. The SMILES string of the molecule is C[C@@H]1C[C@H]([C@@]2(C)Cc3cnn(-c4ccc(Oc5ccccn5)cc4)c3C[C@@H]2CO)[C@@H](CN)[C@H]2CC[C@H](C)[C@@H]21. The summed E-state index contributed by atoms with van der Waals surface area (Å²) in [6.45, 7) is 8.33. The maximum atomic E-state index is 10.7. The van der Waals surface area contributed by atoms with Crippen LogP contribution in [0.5, 0.6) is 11.6 Å². The van der Waals surface area contributed by atoms with Crippen molar-refractivity contribution in [1.29, 1.82) is 0 Å². The highest BCUT2D eigenvalue weighted by Crippen LogP contribution is 2.59. The van der Waals surface area contributed by atoms with Crippen molar-refractivity contribution in [3.8, 4) is 17.3 Å². The molecule has 3 aliphatic carbocycles. The van der Waals surface area contributed by atoms with E-state index in [9.17, 15) is 5.11 Å². The zero-order valence-corrected chi connectivity index (χ0v) is 23.0. The van der Waals surface area contributed by atoms with Crippen LogP contribution in [0, 0.1) is 46.8 Å². The Bertz CT molecular complexity index is 1240. The maximum Gasteiger partial charge on any atom is 0.219 e. The van der Waals surface area contributed by atoms with E-state index >= 15 is 0 Å². The average molecular weight is 515 g/mol. The standard InChI is InChI=1S/C32H42N4O2/c1-20-7-12-26-27(17-33)28(14-21(2)31(20)26)32(3)16-22-18-35-36(29(22)15-23(32)19-37)24-8-10-25(11-9-24)38-30-6-4-5-13-34-30/h4-6,8-11,13,18,20-21,23,26-28,31,37H,7,12,14-17,19,33H2,1-3H3/t20-,21+,23+,26+,27-,28-,31+,32-/m0/s1. The second-order valence-electron chi connectivity index (χ2n) is 12.6. The minimum atomic E-state index is 0.0189. The van der Waals surface area contributed by atoms with Crippen LogP contribution in [-0.2, 0) is 12.8 Å². The van der Waals surface area contributed by atoms with Gasteiger partial charge in [0.1, 0.15) is 5.75 Å². The van der Waals surface area contributed by atoms with Gasteiger partial charge in [-0.1, -0.05) is 33.3 Å². The Hall–Kier alpha value is -2.70. The molecule has 0 amide bonds. The first-order chi connectivity index (χ1) is 18.4. The molecular formula is C32H42N4O2. The molecule has 8 atom stereocenters. The van der Waals surface area contributed by atoms with Gasteiger partial charge in [-0.2, -0.15) is 5.10 Å². The normalized spacial score (nSPS) is 34.5. The molecule has 38 heavy (non-hydrogen) atoms. The molecule has 3 aliphatic rings. The van der Waals surface area contributed by atoms with Crippen molar-refractivity contribution in [3.63, 3.8) is 0 Å². The molecule has 0 unspecified atom stereocenters. The summed E-state index contributed by atoms with van der Waals surface area (Å²) in [4.78, 5) is 4.24. The van der Waals surface area contributed by atoms with Gasteiger partial charge in [0.05, 0.1) is 11.9 Å². The molecule has 3 N–H and O–H groups in total. The summed E-state index contributed by atoms with van der Waals surface area (Å²) in [5.41, 5.74) is 10.1. The predicted molar refractivity (Wildman–Crippen MR) is 149 cm³/mol. The van der Waals surface area contributed by atoms with Crippen molar-refractivity contribution < 1.29 is 9.84 Å². The van der Waals surface area contributed by atoms with Crippen molar-refractivity contribution in [2.45, 2.75) is 52.9 Å². The van der Waals surface area contributed by atoms with Gasteiger partial charge in [0.2, 0.25) is 5.88 Å². The van der Waals surface area contributed by atoms with E-state index in [4.69, 9.17) is 15.6 Å². The zero-order valence-electron chi connectivity index (χ0n) is 23.0. The number of rotatable bonds is 6. The van der Waals surface area contributed by atoms with E-state index in [1.807, 2.05) is 42.5 Å². The monoisotopic (exact) mass is 514 g/mol. The van der Waals surface area contributed by atoms with Gasteiger partial charge >= 0.3 is 0 Å². The Kier molecular flexibility index (Phi) is 6.81. The van der Waals surface area contributed by atoms with Crippen LogP contribution < -0.4 is 10.5 Å². The molecule has 3 aromatic rings. The second kappa shape index (κ2) is 10.1. The van der Waals surface area contributed by atoms with Gasteiger partial charge in [-0.3, -0.25) is 0 Å². The quantitative estimate of drug-likeness (QED) is 0.443. The van der Waals surface area contributed by atoms with E-state index in [-0.39, 0.29) is 17.9 Å². The van der Waals surface area contributed by atoms with Crippen molar-refractivity contribution in [2.24, 2.45) is 52.6 Å². The number of hydrogen-bond acceptors (Lipinski definition) is 5. The minimum absolute atomic E-state index is 0.0189. The summed E-state index contributed by atoms with van der Waals surface area (Å²) in [5, 5.41) is 15.6. The highest BCUT2D eigenvalue weighted by atomic mass is 16.5. The molecule has 0 radical (unpaired) electrons. The molecule has 2 aromatic heterocycles. The van der Waals surface area contributed by atoms with Gasteiger partial charge in [0.15, 0.2) is 0 Å². The van der Waals surface area contributed by atoms with E-state index in [0.717, 1.165) is 54.5 Å². The smallest absolute Gasteiger partial charge is 0.219 e. The predicted octanol–water partition coefficient (Wildman–Crippen LogP) is 5.67. The lowest BCUT2D eigenvalue weighted by molar-refractivity contribution is -0.0607. The Morgan fingerprint density at radius 2 is 1.92 bits per heavy atom. The third kappa shape index (κ3) is 4.26. The van der Waals surface area contributed by atoms with Crippen LogP contribution in [0.1, 0.15) is 51.3 Å². The fourth-order valence-corrected chi connectivity index (χ4v) is 8.78. The summed E-state index contributed by atoms with van der Waals surface area (Å²) in [6, 6.07) is 13.6. The van der Waals surface area contributed by atoms with Gasteiger partial charge in [-0.05, 0) is 115 Å². The summed E-state index contributed by atoms with van der Waals surface area (Å²) in [5.74, 6) is 5.66. The first kappa shape index (κ1) is 25.6. The lowest BCUT2D eigenvalue weighted by Crippen LogP contribution is -2.53. The first-order valence-corrected chi connectivity index (χ1v) is 14.5. The number of hydrogen-bond donors (Lipinski definition) is 2. The van der Waals surface area contributed by atoms with Crippen molar-refractivity contribution in [3.05, 3.63) is 66.1 Å². The number of aliphatic hydroxyl groups excluding tert-OH is 1. The number of benzene rings is 1. The molecule has 0 saturated heterocycles. The molecule has 0 aliphatic heterocycles. The fraction of sp³-hybridized carbons (Fsp3) is 0.562. The van der Waals surface area contributed by atoms with Crippen LogP contribution in [0.4, 0.5) is 0 Å². The number of nitrogens with two attached hydrogens (primary N) is 1. The Labute approximate surface area is 226 Å². The molecule has 2 saturated carbocycles. The van der Waals surface area contributed by atoms with E-state index in [0.29, 0.717) is 17.7 Å². The van der Waals surface area contributed by atoms with E-state index in [1.54, 1.807) is 6.20 Å². The Balaban J connectivity index is 1.26. The van der Waals surface area contributed by atoms with E-state index in [1.165, 1.54) is 30.5 Å². The lowest BCUT2D eigenvalue weighted by Gasteiger charge is -2.55. The molecular weight excluding hydrogens is 472 g/mol. The number of aliphatic hydroxyl groups is 1. The maximum absolute atomic E-state index is 10.7. The lowest BCUT2D eigenvalue weighted by atomic mass is 9.50. The van der Waals surface area contributed by atoms with Crippen LogP contribution in [0.2, 0.25) is 0 Å². The number of fused-ring (bicyclic) bond motifs is 2. The third-order valence-corrected chi connectivity index (χ3v) is 10.6. The second-order valence-corrected chi connectivity index (χ2v) is 12.6. The summed E-state index contributed by atoms with van der Waals surface area (Å²) in [7, 11) is 0. The summed E-state index contributed by atoms with van der Waals surface area (Å²) >= 11 is 0. The van der Waals surface area contributed by atoms with Crippen LogP contribution in [0.15, 0.2) is 54.9 Å². The van der Waals surface area contributed by atoms with Gasteiger partial charge < -0.3 is 15.6 Å².